The van der Waals surface area contributed by atoms with Crippen LogP contribution in [0.15, 0.2) is 24.3 Å². The molecule has 18 heavy (non-hydrogen) atoms. The third kappa shape index (κ3) is 5.46. The van der Waals surface area contributed by atoms with Crippen LogP contribution in [-0.4, -0.2) is 6.54 Å². The molecule has 0 bridgehead atoms. The highest BCUT2D eigenvalue weighted by molar-refractivity contribution is 7.40. The number of benzene rings is 1. The summed E-state index contributed by atoms with van der Waals surface area (Å²) in [6.07, 6.45) is 7.57. The standard InChI is InChI=1S/C12H13N.H3O4P/c1-2-9-13-12-8-7-10-5-3-4-6-11(10)12;1-5(2,3)4/h1,3-6,12-13H,7-9H2;(H3,1,2,3,4)/p-3/t12-;/m1./s1. The van der Waals surface area contributed by atoms with E-state index in [1.807, 2.05) is 0 Å². The van der Waals surface area contributed by atoms with Crippen LogP contribution < -0.4 is 20.0 Å². The number of phosphoric acid groups is 1. The van der Waals surface area contributed by atoms with Gasteiger partial charge in [0.05, 0.1) is 6.54 Å². The normalized spacial score (nSPS) is 17.3. The first kappa shape index (κ1) is 14.9. The fourth-order valence-corrected chi connectivity index (χ4v) is 1.95. The minimum absolute atomic E-state index is 0.479. The quantitative estimate of drug-likeness (QED) is 0.551. The first-order chi connectivity index (χ1) is 8.42. The molecule has 0 saturated heterocycles. The van der Waals surface area contributed by atoms with E-state index in [0.29, 0.717) is 12.6 Å². The molecule has 0 aromatic heterocycles. The van der Waals surface area contributed by atoms with E-state index in [2.05, 4.69) is 35.5 Å². The predicted molar refractivity (Wildman–Crippen MR) is 61.9 cm³/mol. The van der Waals surface area contributed by atoms with Crippen molar-refractivity contribution in [1.82, 2.24) is 5.32 Å². The highest BCUT2D eigenvalue weighted by Gasteiger charge is 2.20. The largest absolute Gasteiger partial charge is 0.822 e. The second-order valence-corrected chi connectivity index (χ2v) is 4.72. The van der Waals surface area contributed by atoms with Crippen LogP contribution in [0.1, 0.15) is 23.6 Å². The van der Waals surface area contributed by atoms with Crippen molar-refractivity contribution in [3.8, 4) is 12.3 Å². The molecule has 0 saturated carbocycles. The van der Waals surface area contributed by atoms with Gasteiger partial charge in [-0.3, -0.25) is 5.32 Å². The summed E-state index contributed by atoms with van der Waals surface area (Å²) in [5.74, 6) is 2.61. The van der Waals surface area contributed by atoms with Gasteiger partial charge in [-0.25, -0.2) is 0 Å². The van der Waals surface area contributed by atoms with Crippen molar-refractivity contribution < 1.29 is 19.2 Å². The SMILES string of the molecule is C#CCN[C@@H]1CCc2ccccc21.O=P([O-])([O-])[O-]. The Kier molecular flexibility index (Phi) is 5.54. The molecule has 0 radical (unpaired) electrons. The van der Waals surface area contributed by atoms with Crippen LogP contribution in [0.2, 0.25) is 0 Å². The second-order valence-electron chi connectivity index (χ2n) is 3.82. The number of aryl methyl sites for hydroxylation is 1. The summed E-state index contributed by atoms with van der Waals surface area (Å²) in [6, 6.07) is 9.06. The topological polar surface area (TPSA) is 98.3 Å². The third-order valence-electron chi connectivity index (χ3n) is 2.58. The fraction of sp³-hybridized carbons (Fsp3) is 0.333. The van der Waals surface area contributed by atoms with Gasteiger partial charge in [-0.05, 0) is 24.0 Å². The van der Waals surface area contributed by atoms with Crippen molar-refractivity contribution in [2.24, 2.45) is 0 Å². The Morgan fingerprint density at radius 1 is 1.39 bits per heavy atom. The molecule has 0 unspecified atom stereocenters. The molecule has 1 aromatic rings. The number of hydrogen-bond donors (Lipinski definition) is 1. The summed E-state index contributed by atoms with van der Waals surface area (Å²) in [5, 5.41) is 3.35. The maximum absolute atomic E-state index is 8.55. The number of nitrogens with one attached hydrogen (secondary N) is 1. The minimum atomic E-state index is -5.39. The maximum atomic E-state index is 8.55. The van der Waals surface area contributed by atoms with Crippen LogP contribution >= 0.6 is 7.82 Å². The molecule has 1 N–H and O–H groups in total. The van der Waals surface area contributed by atoms with Gasteiger partial charge in [0.15, 0.2) is 0 Å². The first-order valence-electron chi connectivity index (χ1n) is 5.39. The Morgan fingerprint density at radius 3 is 2.61 bits per heavy atom. The number of fused-ring (bicyclic) bond motifs is 1. The van der Waals surface area contributed by atoms with E-state index in [9.17, 15) is 0 Å². The number of hydrogen-bond acceptors (Lipinski definition) is 5. The molecule has 0 aliphatic heterocycles. The van der Waals surface area contributed by atoms with E-state index in [4.69, 9.17) is 25.7 Å². The summed E-state index contributed by atoms with van der Waals surface area (Å²) >= 11 is 0. The Labute approximate surface area is 106 Å². The smallest absolute Gasteiger partial charge is 0.0578 e. The van der Waals surface area contributed by atoms with Gasteiger partial charge in [-0.2, -0.15) is 7.82 Å². The Hall–Kier alpha value is -1.15. The zero-order valence-corrected chi connectivity index (χ0v) is 10.6. The van der Waals surface area contributed by atoms with Crippen LogP contribution in [-0.2, 0) is 11.0 Å². The van der Waals surface area contributed by atoms with Crippen molar-refractivity contribution in [3.63, 3.8) is 0 Å². The van der Waals surface area contributed by atoms with E-state index in [0.717, 1.165) is 0 Å². The van der Waals surface area contributed by atoms with Gasteiger partial charge in [0.25, 0.3) is 0 Å². The van der Waals surface area contributed by atoms with Gasteiger partial charge in [0.1, 0.15) is 0 Å². The lowest BCUT2D eigenvalue weighted by Crippen LogP contribution is -2.24. The van der Waals surface area contributed by atoms with Crippen LogP contribution in [0.25, 0.3) is 0 Å². The molecular formula is C12H13NO4P-3. The summed E-state index contributed by atoms with van der Waals surface area (Å²) in [4.78, 5) is 25.6. The Morgan fingerprint density at radius 2 is 2.00 bits per heavy atom. The lowest BCUT2D eigenvalue weighted by atomic mass is 10.1. The minimum Gasteiger partial charge on any atom is -0.822 e. The molecule has 5 nitrogen and oxygen atoms in total. The van der Waals surface area contributed by atoms with Gasteiger partial charge in [0.2, 0.25) is 0 Å². The Bertz CT molecular complexity index is 469. The average molecular weight is 266 g/mol. The number of rotatable bonds is 2. The fourth-order valence-electron chi connectivity index (χ4n) is 1.95. The van der Waals surface area contributed by atoms with E-state index < -0.39 is 7.82 Å². The van der Waals surface area contributed by atoms with E-state index in [-0.39, 0.29) is 0 Å². The van der Waals surface area contributed by atoms with Crippen molar-refractivity contribution in [1.29, 1.82) is 0 Å². The zero-order chi connectivity index (χ0) is 13.6. The molecule has 1 aromatic carbocycles. The lowest BCUT2D eigenvalue weighted by molar-refractivity contribution is -0.432. The average Bonchev–Trinajstić information content (AvgIpc) is 2.67. The molecule has 98 valence electrons. The molecule has 6 heteroatoms. The van der Waals surface area contributed by atoms with Crippen LogP contribution in [0.3, 0.4) is 0 Å². The third-order valence-corrected chi connectivity index (χ3v) is 2.58. The Balaban J connectivity index is 0.000000280. The molecule has 1 aliphatic rings. The summed E-state index contributed by atoms with van der Waals surface area (Å²) in [7, 11) is -5.39. The molecule has 1 atom stereocenters. The summed E-state index contributed by atoms with van der Waals surface area (Å²) in [5.41, 5.74) is 2.90. The molecule has 0 heterocycles. The van der Waals surface area contributed by atoms with E-state index in [1.54, 1.807) is 0 Å². The van der Waals surface area contributed by atoms with Gasteiger partial charge in [-0.1, -0.05) is 30.2 Å². The molecule has 0 spiro atoms. The van der Waals surface area contributed by atoms with Crippen LogP contribution in [0.5, 0.6) is 0 Å². The van der Waals surface area contributed by atoms with Crippen molar-refractivity contribution in [2.45, 2.75) is 18.9 Å². The van der Waals surface area contributed by atoms with Crippen molar-refractivity contribution >= 4 is 7.82 Å². The van der Waals surface area contributed by atoms with Crippen molar-refractivity contribution in [2.75, 3.05) is 6.54 Å². The summed E-state index contributed by atoms with van der Waals surface area (Å²) in [6.45, 7) is 0.666. The van der Waals surface area contributed by atoms with Gasteiger partial charge in [-0.15, -0.1) is 6.42 Å². The predicted octanol–water partition coefficient (Wildman–Crippen LogP) is -0.928. The molecule has 0 fully saturated rings. The van der Waals surface area contributed by atoms with Crippen molar-refractivity contribution in [3.05, 3.63) is 35.4 Å². The van der Waals surface area contributed by atoms with Gasteiger partial charge >= 0.3 is 0 Å². The highest BCUT2D eigenvalue weighted by atomic mass is 31.2. The monoisotopic (exact) mass is 266 g/mol. The zero-order valence-electron chi connectivity index (χ0n) is 9.67. The van der Waals surface area contributed by atoms with E-state index >= 15 is 0 Å². The molecule has 0 amide bonds. The second kappa shape index (κ2) is 6.69. The summed E-state index contributed by atoms with van der Waals surface area (Å²) < 4.78 is 8.55. The molecule has 1 aliphatic carbocycles. The van der Waals surface area contributed by atoms with Crippen LogP contribution in [0.4, 0.5) is 0 Å². The first-order valence-corrected chi connectivity index (χ1v) is 6.85. The van der Waals surface area contributed by atoms with E-state index in [1.165, 1.54) is 24.0 Å². The van der Waals surface area contributed by atoms with Gasteiger partial charge < -0.3 is 19.2 Å². The molecular weight excluding hydrogens is 253 g/mol. The highest BCUT2D eigenvalue weighted by Crippen LogP contribution is 2.30. The van der Waals surface area contributed by atoms with Gasteiger partial charge in [0, 0.05) is 6.04 Å². The van der Waals surface area contributed by atoms with Crippen LogP contribution in [0, 0.1) is 12.3 Å². The lowest BCUT2D eigenvalue weighted by Gasteiger charge is -2.36. The number of terminal acetylenes is 1. The maximum Gasteiger partial charge on any atom is 0.0578 e. The molecule has 2 rings (SSSR count).